The Morgan fingerprint density at radius 3 is 2.47 bits per heavy atom. The Labute approximate surface area is 340 Å². The van der Waals surface area contributed by atoms with Gasteiger partial charge in [-0.2, -0.15) is 5.09 Å². The molecule has 13 nitrogen and oxygen atoms in total. The number of carbonyl (C=O) groups is 2. The molecule has 4 N–H and O–H groups in total. The van der Waals surface area contributed by atoms with E-state index in [1.807, 2.05) is 35.8 Å². The first kappa shape index (κ1) is 41.5. The number of nitrogens with two attached hydrogens (primary N) is 1. The first-order chi connectivity index (χ1) is 27.2. The average molecular weight is 828 g/mol. The summed E-state index contributed by atoms with van der Waals surface area (Å²) in [6, 6.07) is 19.3. The van der Waals surface area contributed by atoms with Crippen LogP contribution in [0.25, 0.3) is 5.00 Å². The molecule has 16 heteroatoms. The zero-order chi connectivity index (χ0) is 40.9. The molecule has 1 aliphatic rings. The van der Waals surface area contributed by atoms with Crippen LogP contribution >= 0.6 is 30.7 Å². The van der Waals surface area contributed by atoms with Gasteiger partial charge in [0.25, 0.3) is 0 Å². The third-order valence-electron chi connectivity index (χ3n) is 8.87. The van der Waals surface area contributed by atoms with Crippen molar-refractivity contribution in [3.63, 3.8) is 0 Å². The van der Waals surface area contributed by atoms with Crippen LogP contribution in [-0.2, 0) is 30.0 Å². The van der Waals surface area contributed by atoms with Crippen LogP contribution in [0.5, 0.6) is 5.75 Å². The van der Waals surface area contributed by atoms with Gasteiger partial charge in [0.15, 0.2) is 5.82 Å². The molecule has 57 heavy (non-hydrogen) atoms. The number of aromatic nitrogens is 3. The van der Waals surface area contributed by atoms with Gasteiger partial charge in [-0.15, -0.1) is 21.5 Å². The van der Waals surface area contributed by atoms with Crippen molar-refractivity contribution in [1.29, 1.82) is 0 Å². The standard InChI is InChI=1S/C41H43ClN7O6PS/c1-24(2)54-41(51)26(4)48-56(52,55-34-12-8-7-9-13-34)53-23-31-21-33(19-16-29(31)11-10-20-43)44-36(50)22-35-39-47-46-28(6)49(39)40-37(25(3)27(5)57-40)38(45-35)30-14-17-32(42)18-15-30/h7-9,12-19,21,24,26,35H,20,22-23,43H2,1-6H3,(H,44,50)(H,48,52)/t26-,35-,56?/m0/s1. The van der Waals surface area contributed by atoms with Crippen LogP contribution in [-0.4, -0.2) is 51.0 Å². The fourth-order valence-electron chi connectivity index (χ4n) is 6.07. The Hall–Kier alpha value is -5.13. The van der Waals surface area contributed by atoms with E-state index in [-0.39, 0.29) is 37.3 Å². The number of esters is 1. The monoisotopic (exact) mass is 827 g/mol. The van der Waals surface area contributed by atoms with Crippen molar-refractivity contribution >= 4 is 54.0 Å². The van der Waals surface area contributed by atoms with Gasteiger partial charge < -0.3 is 20.3 Å². The summed E-state index contributed by atoms with van der Waals surface area (Å²) in [4.78, 5) is 32.9. The Morgan fingerprint density at radius 1 is 1.04 bits per heavy atom. The molecule has 1 amide bonds. The van der Waals surface area contributed by atoms with Gasteiger partial charge in [-0.3, -0.25) is 23.7 Å². The predicted octanol–water partition coefficient (Wildman–Crippen LogP) is 7.77. The highest BCUT2D eigenvalue weighted by atomic mass is 35.5. The highest BCUT2D eigenvalue weighted by Gasteiger charge is 2.34. The number of para-hydroxylation sites is 1. The van der Waals surface area contributed by atoms with E-state index in [0.29, 0.717) is 33.5 Å². The molecule has 296 valence electrons. The summed E-state index contributed by atoms with van der Waals surface area (Å²) in [5, 5.41) is 16.1. The number of hydrogen-bond acceptors (Lipinski definition) is 11. The lowest BCUT2D eigenvalue weighted by Gasteiger charge is -2.23. The maximum atomic E-state index is 14.2. The van der Waals surface area contributed by atoms with Gasteiger partial charge in [-0.1, -0.05) is 53.8 Å². The van der Waals surface area contributed by atoms with E-state index in [1.54, 1.807) is 73.7 Å². The van der Waals surface area contributed by atoms with Gasteiger partial charge in [-0.25, -0.2) is 4.57 Å². The topological polar surface area (TPSA) is 172 Å². The van der Waals surface area contributed by atoms with E-state index < -0.39 is 25.8 Å². The van der Waals surface area contributed by atoms with E-state index in [0.717, 1.165) is 32.3 Å². The number of thiophene rings is 1. The lowest BCUT2D eigenvalue weighted by Crippen LogP contribution is -2.36. The Morgan fingerprint density at radius 2 is 1.77 bits per heavy atom. The second-order valence-corrected chi connectivity index (χ2v) is 16.9. The minimum Gasteiger partial charge on any atom is -0.462 e. The van der Waals surface area contributed by atoms with Crippen molar-refractivity contribution in [2.45, 2.75) is 72.8 Å². The smallest absolute Gasteiger partial charge is 0.459 e. The van der Waals surface area contributed by atoms with Gasteiger partial charge in [0, 0.05) is 32.3 Å². The molecular formula is C41H43ClN7O6PS. The summed E-state index contributed by atoms with van der Waals surface area (Å²) in [5.41, 5.74) is 10.8. The lowest BCUT2D eigenvalue weighted by atomic mass is 9.99. The highest BCUT2D eigenvalue weighted by molar-refractivity contribution is 7.52. The SMILES string of the molecule is Cc1sc2c(c1C)C(c1ccc(Cl)cc1)=N[C@@H](CC(=O)Nc1ccc(C#CCN)c(COP(=O)(N[C@@H](C)C(=O)OC(C)C)Oc3ccccc3)c1)c1nnc(C)n1-2. The number of benzene rings is 3. The number of nitrogens with one attached hydrogen (secondary N) is 2. The summed E-state index contributed by atoms with van der Waals surface area (Å²) in [6.07, 6.45) is -0.444. The third-order valence-corrected chi connectivity index (χ3v) is 11.9. The number of aliphatic imine (C=N–C) groups is 1. The fourth-order valence-corrected chi connectivity index (χ4v) is 8.88. The number of hydrogen-bond donors (Lipinski definition) is 3. The molecule has 0 radical (unpaired) electrons. The van der Waals surface area contributed by atoms with Crippen molar-refractivity contribution in [2.75, 3.05) is 11.9 Å². The minimum atomic E-state index is -4.21. The molecule has 3 heterocycles. The molecular weight excluding hydrogens is 785 g/mol. The van der Waals surface area contributed by atoms with Crippen LogP contribution in [0.4, 0.5) is 5.69 Å². The van der Waals surface area contributed by atoms with E-state index in [1.165, 1.54) is 6.92 Å². The second-order valence-electron chi connectivity index (χ2n) is 13.5. The van der Waals surface area contributed by atoms with Crippen LogP contribution in [0.2, 0.25) is 5.02 Å². The summed E-state index contributed by atoms with van der Waals surface area (Å²) in [5.74, 6) is 6.36. The van der Waals surface area contributed by atoms with E-state index >= 15 is 0 Å². The van der Waals surface area contributed by atoms with Crippen LogP contribution in [0.1, 0.15) is 77.6 Å². The number of anilines is 1. The van der Waals surface area contributed by atoms with Gasteiger partial charge in [0.1, 0.15) is 28.7 Å². The molecule has 3 aromatic carbocycles. The van der Waals surface area contributed by atoms with Crippen molar-refractivity contribution in [3.8, 4) is 22.6 Å². The molecule has 0 bridgehead atoms. The normalized spacial score (nSPS) is 14.9. The van der Waals surface area contributed by atoms with Crippen LogP contribution in [0.3, 0.4) is 0 Å². The van der Waals surface area contributed by atoms with Crippen molar-refractivity contribution in [3.05, 3.63) is 122 Å². The van der Waals surface area contributed by atoms with Crippen LogP contribution in [0.15, 0.2) is 77.8 Å². The van der Waals surface area contributed by atoms with Gasteiger partial charge in [0.05, 0.1) is 31.4 Å². The maximum Gasteiger partial charge on any atom is 0.459 e. The number of fused-ring (bicyclic) bond motifs is 3. The summed E-state index contributed by atoms with van der Waals surface area (Å²) >= 11 is 7.89. The van der Waals surface area contributed by atoms with Gasteiger partial charge >= 0.3 is 13.7 Å². The van der Waals surface area contributed by atoms with Crippen molar-refractivity contribution in [2.24, 2.45) is 10.7 Å². The molecule has 1 unspecified atom stereocenters. The lowest BCUT2D eigenvalue weighted by molar-refractivity contribution is -0.149. The molecule has 3 atom stereocenters. The van der Waals surface area contributed by atoms with Gasteiger partial charge in [0.2, 0.25) is 5.91 Å². The quantitative estimate of drug-likeness (QED) is 0.0605. The molecule has 0 aliphatic carbocycles. The van der Waals surface area contributed by atoms with E-state index in [2.05, 4.69) is 46.3 Å². The van der Waals surface area contributed by atoms with Crippen molar-refractivity contribution < 1.29 is 27.9 Å². The average Bonchev–Trinajstić information content (AvgIpc) is 3.65. The first-order valence-corrected chi connectivity index (χ1v) is 20.9. The number of halogens is 1. The number of rotatable bonds is 13. The third kappa shape index (κ3) is 9.88. The maximum absolute atomic E-state index is 14.2. The van der Waals surface area contributed by atoms with Crippen LogP contribution in [0, 0.1) is 32.6 Å². The molecule has 1 aliphatic heterocycles. The van der Waals surface area contributed by atoms with Gasteiger partial charge in [-0.05, 0) is 95.1 Å². The first-order valence-electron chi connectivity index (χ1n) is 18.2. The molecule has 0 spiro atoms. The predicted molar refractivity (Wildman–Crippen MR) is 222 cm³/mol. The summed E-state index contributed by atoms with van der Waals surface area (Å²) in [6.45, 7) is 10.8. The number of aryl methyl sites for hydroxylation is 2. The van der Waals surface area contributed by atoms with E-state index in [9.17, 15) is 14.2 Å². The molecule has 0 saturated carbocycles. The fraction of sp³-hybridized carbons (Fsp3) is 0.293. The molecule has 5 aromatic rings. The Bertz CT molecular complexity index is 2420. The summed E-state index contributed by atoms with van der Waals surface area (Å²) < 4.78 is 33.3. The highest BCUT2D eigenvalue weighted by Crippen LogP contribution is 2.46. The number of ether oxygens (including phenoxy) is 1. The number of amides is 1. The Kier molecular flexibility index (Phi) is 13.1. The number of nitrogens with zero attached hydrogens (tertiary/aromatic N) is 4. The zero-order valence-electron chi connectivity index (χ0n) is 32.3. The van der Waals surface area contributed by atoms with Crippen molar-refractivity contribution in [1.82, 2.24) is 19.9 Å². The minimum absolute atomic E-state index is 0.0584. The second kappa shape index (κ2) is 18.0. The Balaban J connectivity index is 1.28. The zero-order valence-corrected chi connectivity index (χ0v) is 34.8. The molecule has 0 saturated heterocycles. The number of carbonyl (C=O) groups excluding carboxylic acids is 2. The van der Waals surface area contributed by atoms with Crippen LogP contribution < -0.4 is 20.7 Å². The van der Waals surface area contributed by atoms with E-state index in [4.69, 9.17) is 36.1 Å². The largest absolute Gasteiger partial charge is 0.462 e. The summed E-state index contributed by atoms with van der Waals surface area (Å²) in [7, 11) is -4.21. The molecule has 6 rings (SSSR count). The molecule has 2 aromatic heterocycles. The molecule has 0 fully saturated rings.